The standard InChI is InChI=1S/C31H43NO5/c1-2-3-4-5-6-7-8-9-10-11-12-13-14-15-16-22-19-24(33)21-25-28(22)30(36)31(37)29(32-25)23-17-18-26(34)27(35)20-23/h17-21,31,33-35,37H,2-16H2,1H3. The molecule has 1 atom stereocenters. The summed E-state index contributed by atoms with van der Waals surface area (Å²) in [6.07, 6.45) is 17.0. The van der Waals surface area contributed by atoms with E-state index in [2.05, 4.69) is 11.9 Å². The molecule has 0 amide bonds. The average molecular weight is 510 g/mol. The van der Waals surface area contributed by atoms with Gasteiger partial charge in [0.2, 0.25) is 0 Å². The predicted molar refractivity (Wildman–Crippen MR) is 148 cm³/mol. The summed E-state index contributed by atoms with van der Waals surface area (Å²) in [5.41, 5.74) is 1.79. The maximum absolute atomic E-state index is 13.1. The number of benzene rings is 2. The second-order valence-corrected chi connectivity index (χ2v) is 10.3. The zero-order valence-electron chi connectivity index (χ0n) is 22.2. The normalized spacial score (nSPS) is 15.0. The third-order valence-electron chi connectivity index (χ3n) is 7.25. The van der Waals surface area contributed by atoms with Crippen LogP contribution in [0.1, 0.15) is 118 Å². The van der Waals surface area contributed by atoms with Crippen LogP contribution in [0.3, 0.4) is 0 Å². The number of aliphatic hydroxyl groups excluding tert-OH is 1. The topological polar surface area (TPSA) is 110 Å². The molecular formula is C31H43NO5. The van der Waals surface area contributed by atoms with Crippen molar-refractivity contribution in [1.82, 2.24) is 0 Å². The second kappa shape index (κ2) is 14.8. The lowest BCUT2D eigenvalue weighted by atomic mass is 9.88. The Bertz CT molecular complexity index is 1060. The van der Waals surface area contributed by atoms with Gasteiger partial charge in [-0.2, -0.15) is 0 Å². The molecule has 37 heavy (non-hydrogen) atoms. The van der Waals surface area contributed by atoms with Crippen LogP contribution in [0.25, 0.3) is 0 Å². The molecule has 1 heterocycles. The van der Waals surface area contributed by atoms with E-state index in [1.165, 1.54) is 94.9 Å². The van der Waals surface area contributed by atoms with Gasteiger partial charge in [0.05, 0.1) is 11.4 Å². The number of aryl methyl sites for hydroxylation is 1. The first kappa shape index (κ1) is 28.7. The molecule has 4 N–H and O–H groups in total. The number of hydrogen-bond donors (Lipinski definition) is 4. The number of ketones is 1. The van der Waals surface area contributed by atoms with E-state index in [-0.39, 0.29) is 23.0 Å². The van der Waals surface area contributed by atoms with Gasteiger partial charge in [0.1, 0.15) is 5.75 Å². The van der Waals surface area contributed by atoms with E-state index in [1.54, 1.807) is 6.07 Å². The molecule has 1 unspecified atom stereocenters. The van der Waals surface area contributed by atoms with E-state index in [9.17, 15) is 25.2 Å². The van der Waals surface area contributed by atoms with Gasteiger partial charge >= 0.3 is 0 Å². The summed E-state index contributed by atoms with van der Waals surface area (Å²) in [6.45, 7) is 2.25. The molecule has 0 saturated carbocycles. The lowest BCUT2D eigenvalue weighted by Crippen LogP contribution is -2.34. The maximum Gasteiger partial charge on any atom is 0.199 e. The van der Waals surface area contributed by atoms with Crippen molar-refractivity contribution < 1.29 is 25.2 Å². The van der Waals surface area contributed by atoms with E-state index in [1.807, 2.05) is 0 Å². The van der Waals surface area contributed by atoms with Gasteiger partial charge in [-0.1, -0.05) is 90.4 Å². The van der Waals surface area contributed by atoms with Crippen molar-refractivity contribution in [2.45, 2.75) is 109 Å². The van der Waals surface area contributed by atoms with Crippen LogP contribution < -0.4 is 0 Å². The fourth-order valence-corrected chi connectivity index (χ4v) is 5.11. The molecule has 1 aliphatic heterocycles. The average Bonchev–Trinajstić information content (AvgIpc) is 2.87. The molecule has 0 aromatic heterocycles. The Hall–Kier alpha value is -2.86. The van der Waals surface area contributed by atoms with Crippen LogP contribution in [0.15, 0.2) is 35.3 Å². The Kier molecular flexibility index (Phi) is 11.5. The molecule has 6 heteroatoms. The highest BCUT2D eigenvalue weighted by atomic mass is 16.3. The van der Waals surface area contributed by atoms with Gasteiger partial charge in [-0.3, -0.25) is 4.79 Å². The number of hydrogen-bond acceptors (Lipinski definition) is 6. The summed E-state index contributed by atoms with van der Waals surface area (Å²) in [5, 5.41) is 40.3. The summed E-state index contributed by atoms with van der Waals surface area (Å²) >= 11 is 0. The van der Waals surface area contributed by atoms with Crippen molar-refractivity contribution in [2.24, 2.45) is 4.99 Å². The molecule has 6 nitrogen and oxygen atoms in total. The molecule has 3 rings (SSSR count). The highest BCUT2D eigenvalue weighted by molar-refractivity contribution is 6.25. The number of aliphatic imine (C=N–C) groups is 1. The van der Waals surface area contributed by atoms with Crippen molar-refractivity contribution >= 4 is 17.2 Å². The highest BCUT2D eigenvalue weighted by Crippen LogP contribution is 2.36. The number of phenolic OH excluding ortho intramolecular Hbond substituents is 3. The number of aromatic hydroxyl groups is 3. The summed E-state index contributed by atoms with van der Waals surface area (Å²) in [6, 6.07) is 7.04. The van der Waals surface area contributed by atoms with E-state index >= 15 is 0 Å². The summed E-state index contributed by atoms with van der Waals surface area (Å²) in [5.74, 6) is -1.09. The molecule has 202 valence electrons. The Balaban J connectivity index is 1.46. The second-order valence-electron chi connectivity index (χ2n) is 10.3. The lowest BCUT2D eigenvalue weighted by Gasteiger charge is -2.23. The van der Waals surface area contributed by atoms with Crippen LogP contribution in [-0.4, -0.2) is 38.0 Å². The fraction of sp³-hybridized carbons (Fsp3) is 0.548. The zero-order valence-corrected chi connectivity index (χ0v) is 22.2. The molecule has 0 radical (unpaired) electrons. The minimum absolute atomic E-state index is 0.0277. The molecule has 0 saturated heterocycles. The van der Waals surface area contributed by atoms with Gasteiger partial charge in [-0.05, 0) is 42.7 Å². The zero-order chi connectivity index (χ0) is 26.6. The van der Waals surface area contributed by atoms with Crippen LogP contribution in [0.4, 0.5) is 5.69 Å². The van der Waals surface area contributed by atoms with Crippen molar-refractivity contribution in [3.63, 3.8) is 0 Å². The van der Waals surface area contributed by atoms with Crippen LogP contribution in [0, 0.1) is 0 Å². The Labute approximate surface area is 221 Å². The van der Waals surface area contributed by atoms with E-state index in [4.69, 9.17) is 0 Å². The summed E-state index contributed by atoms with van der Waals surface area (Å²) in [7, 11) is 0. The number of Topliss-reactive ketones (excluding diaryl/α,β-unsaturated/α-hetero) is 1. The van der Waals surface area contributed by atoms with Gasteiger partial charge in [-0.15, -0.1) is 0 Å². The van der Waals surface area contributed by atoms with Gasteiger partial charge in [0, 0.05) is 17.2 Å². The first-order valence-corrected chi connectivity index (χ1v) is 14.1. The number of unbranched alkanes of at least 4 members (excludes halogenated alkanes) is 13. The van der Waals surface area contributed by atoms with Crippen LogP contribution in [0.2, 0.25) is 0 Å². The first-order chi connectivity index (χ1) is 17.9. The van der Waals surface area contributed by atoms with Gasteiger partial charge in [0.15, 0.2) is 23.4 Å². The van der Waals surface area contributed by atoms with Crippen LogP contribution >= 0.6 is 0 Å². The van der Waals surface area contributed by atoms with E-state index < -0.39 is 11.9 Å². The SMILES string of the molecule is CCCCCCCCCCCCCCCCc1cc(O)cc2c1C(=O)C(O)C(c1ccc(O)c(O)c1)=N2. The molecule has 0 spiro atoms. The van der Waals surface area contributed by atoms with Crippen molar-refractivity contribution in [3.05, 3.63) is 47.0 Å². The van der Waals surface area contributed by atoms with E-state index in [0.717, 1.165) is 19.3 Å². The number of carbonyl (C=O) groups excluding carboxylic acids is 1. The molecule has 0 bridgehead atoms. The summed E-state index contributed by atoms with van der Waals surface area (Å²) in [4.78, 5) is 17.6. The quantitative estimate of drug-likeness (QED) is 0.138. The molecule has 0 aliphatic carbocycles. The number of fused-ring (bicyclic) bond motifs is 1. The molecule has 1 aliphatic rings. The number of phenols is 3. The van der Waals surface area contributed by atoms with Crippen molar-refractivity contribution in [2.75, 3.05) is 0 Å². The van der Waals surface area contributed by atoms with Gasteiger partial charge in [0.25, 0.3) is 0 Å². The number of carbonyl (C=O) groups is 1. The molecule has 2 aromatic carbocycles. The third-order valence-corrected chi connectivity index (χ3v) is 7.25. The smallest absolute Gasteiger partial charge is 0.199 e. The van der Waals surface area contributed by atoms with Crippen molar-refractivity contribution in [3.8, 4) is 17.2 Å². The van der Waals surface area contributed by atoms with Crippen LogP contribution in [0.5, 0.6) is 17.2 Å². The largest absolute Gasteiger partial charge is 0.508 e. The number of nitrogens with zero attached hydrogens (tertiary/aromatic N) is 1. The van der Waals surface area contributed by atoms with Gasteiger partial charge < -0.3 is 20.4 Å². The number of aliphatic hydroxyl groups is 1. The highest BCUT2D eigenvalue weighted by Gasteiger charge is 2.33. The van der Waals surface area contributed by atoms with Gasteiger partial charge in [-0.25, -0.2) is 4.99 Å². The predicted octanol–water partition coefficient (Wildman–Crippen LogP) is 7.51. The minimum atomic E-state index is -1.48. The maximum atomic E-state index is 13.1. The molecule has 2 aromatic rings. The monoisotopic (exact) mass is 509 g/mol. The number of rotatable bonds is 16. The fourth-order valence-electron chi connectivity index (χ4n) is 5.11. The molecule has 0 fully saturated rings. The first-order valence-electron chi connectivity index (χ1n) is 14.1. The van der Waals surface area contributed by atoms with E-state index in [0.29, 0.717) is 28.8 Å². The molecular weight excluding hydrogens is 466 g/mol. The third kappa shape index (κ3) is 8.32. The Morgan fingerprint density at radius 2 is 1.30 bits per heavy atom. The van der Waals surface area contributed by atoms with Crippen molar-refractivity contribution in [1.29, 1.82) is 0 Å². The summed E-state index contributed by atoms with van der Waals surface area (Å²) < 4.78 is 0. The lowest BCUT2D eigenvalue weighted by molar-refractivity contribution is 0.0841. The Morgan fingerprint density at radius 1 is 0.730 bits per heavy atom. The van der Waals surface area contributed by atoms with Crippen LogP contribution in [-0.2, 0) is 6.42 Å². The Morgan fingerprint density at radius 3 is 1.86 bits per heavy atom. The minimum Gasteiger partial charge on any atom is -0.508 e.